The fourth-order valence-electron chi connectivity index (χ4n) is 7.06. The Morgan fingerprint density at radius 1 is 0.479 bits per heavy atom. The standard InChI is InChI=1S/C43H27N3O2/c1-4-12-28(13-5-1)43-44-36-23-25-40-41(42(36)48-43)35-26-31(21-24-39(35)47-40)45(29-14-6-2-7-15-29)32-20-22-34-33-18-10-11-19-37(33)46(38(34)27-32)30-16-8-3-9-17-30/h1-27H. The fourth-order valence-corrected chi connectivity index (χ4v) is 7.06. The van der Waals surface area contributed by atoms with E-state index in [0.29, 0.717) is 5.89 Å². The molecule has 10 rings (SSSR count). The lowest BCUT2D eigenvalue weighted by Gasteiger charge is -2.26. The van der Waals surface area contributed by atoms with Crippen molar-refractivity contribution in [2.45, 2.75) is 0 Å². The lowest BCUT2D eigenvalue weighted by atomic mass is 10.1. The van der Waals surface area contributed by atoms with E-state index in [2.05, 4.69) is 131 Å². The smallest absolute Gasteiger partial charge is 0.227 e. The first kappa shape index (κ1) is 26.6. The van der Waals surface area contributed by atoms with Gasteiger partial charge in [0.25, 0.3) is 0 Å². The highest BCUT2D eigenvalue weighted by Gasteiger charge is 2.21. The molecule has 3 aromatic heterocycles. The number of anilines is 3. The average Bonchev–Trinajstić information content (AvgIpc) is 3.84. The van der Waals surface area contributed by atoms with Gasteiger partial charge in [0, 0.05) is 44.5 Å². The fraction of sp³-hybridized carbons (Fsp3) is 0. The molecule has 5 nitrogen and oxygen atoms in total. The Balaban J connectivity index is 1.20. The van der Waals surface area contributed by atoms with Crippen molar-refractivity contribution >= 4 is 71.9 Å². The molecule has 0 radical (unpaired) electrons. The number of benzene rings is 7. The van der Waals surface area contributed by atoms with E-state index in [4.69, 9.17) is 13.8 Å². The van der Waals surface area contributed by atoms with Gasteiger partial charge in [0.2, 0.25) is 5.89 Å². The summed E-state index contributed by atoms with van der Waals surface area (Å²) in [6, 6.07) is 56.8. The molecule has 0 aliphatic heterocycles. The zero-order chi connectivity index (χ0) is 31.6. The monoisotopic (exact) mass is 617 g/mol. The van der Waals surface area contributed by atoms with Gasteiger partial charge in [-0.3, -0.25) is 0 Å². The third-order valence-electron chi connectivity index (χ3n) is 9.20. The van der Waals surface area contributed by atoms with E-state index in [0.717, 1.165) is 66.9 Å². The highest BCUT2D eigenvalue weighted by atomic mass is 16.4. The first-order valence-electron chi connectivity index (χ1n) is 16.1. The maximum Gasteiger partial charge on any atom is 0.227 e. The molecule has 0 aliphatic rings. The minimum absolute atomic E-state index is 0.594. The highest BCUT2D eigenvalue weighted by molar-refractivity contribution is 6.17. The Hall–Kier alpha value is -6.59. The molecule has 0 saturated carbocycles. The summed E-state index contributed by atoms with van der Waals surface area (Å²) in [6.07, 6.45) is 0. The summed E-state index contributed by atoms with van der Waals surface area (Å²) in [5.74, 6) is 0.594. The van der Waals surface area contributed by atoms with Crippen LogP contribution < -0.4 is 4.90 Å². The van der Waals surface area contributed by atoms with Crippen molar-refractivity contribution < 1.29 is 8.83 Å². The first-order valence-corrected chi connectivity index (χ1v) is 16.1. The molecule has 0 bridgehead atoms. The Bertz CT molecular complexity index is 2780. The lowest BCUT2D eigenvalue weighted by molar-refractivity contribution is 0.622. The van der Waals surface area contributed by atoms with E-state index < -0.39 is 0 Å². The van der Waals surface area contributed by atoms with Gasteiger partial charge < -0.3 is 18.3 Å². The predicted molar refractivity (Wildman–Crippen MR) is 196 cm³/mol. The molecule has 5 heteroatoms. The predicted octanol–water partition coefficient (Wildman–Crippen LogP) is 12.0. The van der Waals surface area contributed by atoms with Crippen LogP contribution in [0.4, 0.5) is 17.1 Å². The van der Waals surface area contributed by atoms with E-state index >= 15 is 0 Å². The van der Waals surface area contributed by atoms with Gasteiger partial charge in [0.05, 0.1) is 16.4 Å². The molecule has 0 saturated heterocycles. The SMILES string of the molecule is c1ccc(-c2nc3ccc4oc5ccc(N(c6ccccc6)c6ccc7c8ccccc8n(-c8ccccc8)c7c6)cc5c4c3o2)cc1. The van der Waals surface area contributed by atoms with Gasteiger partial charge in [-0.1, -0.05) is 78.9 Å². The van der Waals surface area contributed by atoms with Crippen LogP contribution in [-0.2, 0) is 0 Å². The second-order valence-electron chi connectivity index (χ2n) is 12.0. The van der Waals surface area contributed by atoms with Gasteiger partial charge in [0.15, 0.2) is 5.58 Å². The summed E-state index contributed by atoms with van der Waals surface area (Å²) in [6.45, 7) is 0. The Morgan fingerprint density at radius 2 is 1.15 bits per heavy atom. The Morgan fingerprint density at radius 3 is 1.98 bits per heavy atom. The molecular formula is C43H27N3O2. The maximum atomic E-state index is 6.45. The quantitative estimate of drug-likeness (QED) is 0.193. The molecular weight excluding hydrogens is 590 g/mol. The van der Waals surface area contributed by atoms with E-state index in [1.165, 1.54) is 16.3 Å². The van der Waals surface area contributed by atoms with Crippen LogP contribution >= 0.6 is 0 Å². The van der Waals surface area contributed by atoms with Crippen molar-refractivity contribution in [1.29, 1.82) is 0 Å². The Labute approximate surface area is 275 Å². The largest absolute Gasteiger partial charge is 0.456 e. The molecule has 0 fully saturated rings. The van der Waals surface area contributed by atoms with E-state index in [1.54, 1.807) is 0 Å². The summed E-state index contributed by atoms with van der Waals surface area (Å²) >= 11 is 0. The minimum Gasteiger partial charge on any atom is -0.456 e. The molecule has 226 valence electrons. The first-order chi connectivity index (χ1) is 23.8. The van der Waals surface area contributed by atoms with Crippen molar-refractivity contribution in [3.05, 3.63) is 164 Å². The zero-order valence-corrected chi connectivity index (χ0v) is 25.7. The van der Waals surface area contributed by atoms with Gasteiger partial charge >= 0.3 is 0 Å². The summed E-state index contributed by atoms with van der Waals surface area (Å²) in [4.78, 5) is 7.14. The second kappa shape index (κ2) is 10.5. The van der Waals surface area contributed by atoms with Crippen LogP contribution in [0, 0.1) is 0 Å². The van der Waals surface area contributed by atoms with Gasteiger partial charge in [-0.2, -0.15) is 0 Å². The Kier molecular flexibility index (Phi) is 5.81. The third kappa shape index (κ3) is 4.08. The molecule has 3 heterocycles. The molecule has 0 spiro atoms. The van der Waals surface area contributed by atoms with Gasteiger partial charge in [-0.25, -0.2) is 4.98 Å². The number of oxazole rings is 1. The number of hydrogen-bond acceptors (Lipinski definition) is 4. The molecule has 10 aromatic rings. The zero-order valence-electron chi connectivity index (χ0n) is 25.7. The van der Waals surface area contributed by atoms with Crippen molar-refractivity contribution in [3.63, 3.8) is 0 Å². The van der Waals surface area contributed by atoms with E-state index in [1.807, 2.05) is 42.5 Å². The molecule has 0 unspecified atom stereocenters. The van der Waals surface area contributed by atoms with Crippen LogP contribution in [0.5, 0.6) is 0 Å². The van der Waals surface area contributed by atoms with E-state index in [9.17, 15) is 0 Å². The number of fused-ring (bicyclic) bond motifs is 8. The van der Waals surface area contributed by atoms with Gasteiger partial charge in [-0.15, -0.1) is 0 Å². The van der Waals surface area contributed by atoms with Gasteiger partial charge in [-0.05, 0) is 84.9 Å². The summed E-state index contributed by atoms with van der Waals surface area (Å²) < 4.78 is 15.2. The number of furan rings is 1. The summed E-state index contributed by atoms with van der Waals surface area (Å²) in [5.41, 5.74) is 10.6. The lowest BCUT2D eigenvalue weighted by Crippen LogP contribution is -2.10. The average molecular weight is 618 g/mol. The van der Waals surface area contributed by atoms with Crippen LogP contribution in [0.3, 0.4) is 0 Å². The molecule has 7 aromatic carbocycles. The molecule has 0 amide bonds. The molecule has 0 aliphatic carbocycles. The minimum atomic E-state index is 0.594. The number of aromatic nitrogens is 2. The van der Waals surface area contributed by atoms with Crippen LogP contribution in [0.25, 0.3) is 72.0 Å². The highest BCUT2D eigenvalue weighted by Crippen LogP contribution is 2.43. The second-order valence-corrected chi connectivity index (χ2v) is 12.0. The number of rotatable bonds is 5. The molecule has 0 atom stereocenters. The van der Waals surface area contributed by atoms with Crippen LogP contribution in [0.2, 0.25) is 0 Å². The van der Waals surface area contributed by atoms with Crippen molar-refractivity contribution in [1.82, 2.24) is 9.55 Å². The topological polar surface area (TPSA) is 47.3 Å². The molecule has 48 heavy (non-hydrogen) atoms. The molecule has 0 N–H and O–H groups in total. The number of nitrogens with zero attached hydrogens (tertiary/aromatic N) is 3. The number of para-hydroxylation sites is 3. The van der Waals surface area contributed by atoms with E-state index in [-0.39, 0.29) is 0 Å². The van der Waals surface area contributed by atoms with Crippen molar-refractivity contribution in [2.75, 3.05) is 4.90 Å². The summed E-state index contributed by atoms with van der Waals surface area (Å²) in [5, 5.41) is 4.34. The normalized spacial score (nSPS) is 11.8. The van der Waals surface area contributed by atoms with Crippen LogP contribution in [-0.4, -0.2) is 9.55 Å². The van der Waals surface area contributed by atoms with Crippen LogP contribution in [0.1, 0.15) is 0 Å². The van der Waals surface area contributed by atoms with Gasteiger partial charge in [0.1, 0.15) is 16.7 Å². The van der Waals surface area contributed by atoms with Crippen molar-refractivity contribution in [3.8, 4) is 17.1 Å². The third-order valence-corrected chi connectivity index (χ3v) is 9.20. The summed E-state index contributed by atoms with van der Waals surface area (Å²) in [7, 11) is 0. The maximum absolute atomic E-state index is 6.45. The number of hydrogen-bond donors (Lipinski definition) is 0. The van der Waals surface area contributed by atoms with Crippen molar-refractivity contribution in [2.24, 2.45) is 0 Å². The van der Waals surface area contributed by atoms with Crippen LogP contribution in [0.15, 0.2) is 173 Å².